The lowest BCUT2D eigenvalue weighted by molar-refractivity contribution is -0.120. The minimum atomic E-state index is -1.07. The molecule has 1 aromatic heterocycles. The van der Waals surface area contributed by atoms with E-state index in [1.165, 1.54) is 12.3 Å². The minimum absolute atomic E-state index is 0.0873. The Morgan fingerprint density at radius 3 is 2.80 bits per heavy atom. The Bertz CT molecular complexity index is 520. The molecule has 0 aliphatic carbocycles. The molecular formula is C11H15N3O5S. The number of nitrogens with two attached hydrogens (primary N) is 1. The number of hydrogen-bond donors (Lipinski definition) is 4. The summed E-state index contributed by atoms with van der Waals surface area (Å²) in [5.41, 5.74) is 5.20. The lowest BCUT2D eigenvalue weighted by atomic mass is 10.1. The molecule has 0 aromatic carbocycles. The molecular weight excluding hydrogens is 286 g/mol. The van der Waals surface area contributed by atoms with Crippen LogP contribution in [0.3, 0.4) is 0 Å². The first-order chi connectivity index (χ1) is 9.43. The SMILES string of the molecule is CC(=O)N[C@H]1[C@@H](O)[C@H](c2nc(C(N)=O)cs2)O[C@@H]1CO. The Balaban J connectivity index is 2.20. The summed E-state index contributed by atoms with van der Waals surface area (Å²) in [6.07, 6.45) is -2.62. The number of aliphatic hydroxyl groups excluding tert-OH is 2. The highest BCUT2D eigenvalue weighted by Gasteiger charge is 2.45. The van der Waals surface area contributed by atoms with Gasteiger partial charge >= 0.3 is 0 Å². The second-order valence-corrected chi connectivity index (χ2v) is 5.32. The molecule has 1 fully saturated rings. The van der Waals surface area contributed by atoms with Gasteiger partial charge in [0.1, 0.15) is 29.0 Å². The number of rotatable bonds is 4. The summed E-state index contributed by atoms with van der Waals surface area (Å²) in [7, 11) is 0. The maximum Gasteiger partial charge on any atom is 0.268 e. The van der Waals surface area contributed by atoms with Gasteiger partial charge in [0.05, 0.1) is 12.6 Å². The standard InChI is InChI=1S/C11H15N3O5S/c1-4(16)13-7-6(2-15)19-9(8(7)17)11-14-5(3-20-11)10(12)18/h3,6-9,15,17H,2H2,1H3,(H2,12,18)(H,13,16)/t6-,7-,8-,9-/m1/s1. The number of aliphatic hydroxyl groups is 2. The number of hydrogen-bond acceptors (Lipinski definition) is 7. The number of ether oxygens (including phenoxy) is 1. The van der Waals surface area contributed by atoms with Gasteiger partial charge in [-0.1, -0.05) is 0 Å². The van der Waals surface area contributed by atoms with E-state index < -0.39 is 30.3 Å². The van der Waals surface area contributed by atoms with Crippen molar-refractivity contribution in [1.82, 2.24) is 10.3 Å². The third-order valence-electron chi connectivity index (χ3n) is 2.97. The zero-order valence-electron chi connectivity index (χ0n) is 10.6. The average molecular weight is 301 g/mol. The fourth-order valence-corrected chi connectivity index (χ4v) is 2.95. The van der Waals surface area contributed by atoms with Crippen molar-refractivity contribution in [2.45, 2.75) is 31.3 Å². The Kier molecular flexibility index (Phi) is 4.33. The summed E-state index contributed by atoms with van der Waals surface area (Å²) in [5, 5.41) is 23.8. The maximum atomic E-state index is 11.1. The lowest BCUT2D eigenvalue weighted by Crippen LogP contribution is -2.47. The van der Waals surface area contributed by atoms with Crippen molar-refractivity contribution in [2.75, 3.05) is 6.61 Å². The molecule has 9 heteroatoms. The highest BCUT2D eigenvalue weighted by Crippen LogP contribution is 2.35. The van der Waals surface area contributed by atoms with Crippen LogP contribution in [-0.4, -0.2) is 51.9 Å². The Morgan fingerprint density at radius 1 is 1.60 bits per heavy atom. The topological polar surface area (TPSA) is 135 Å². The van der Waals surface area contributed by atoms with Gasteiger partial charge in [0.15, 0.2) is 0 Å². The number of primary amides is 1. The Labute approximate surface area is 118 Å². The van der Waals surface area contributed by atoms with E-state index in [0.717, 1.165) is 11.3 Å². The van der Waals surface area contributed by atoms with Crippen LogP contribution >= 0.6 is 11.3 Å². The first kappa shape index (κ1) is 14.9. The fraction of sp³-hybridized carbons (Fsp3) is 0.545. The summed E-state index contributed by atoms with van der Waals surface area (Å²) in [6, 6.07) is -0.733. The van der Waals surface area contributed by atoms with Crippen LogP contribution in [-0.2, 0) is 9.53 Å². The van der Waals surface area contributed by atoms with Crippen molar-refractivity contribution in [3.05, 3.63) is 16.1 Å². The fourth-order valence-electron chi connectivity index (χ4n) is 2.07. The van der Waals surface area contributed by atoms with Crippen molar-refractivity contribution in [3.63, 3.8) is 0 Å². The van der Waals surface area contributed by atoms with E-state index in [1.807, 2.05) is 0 Å². The maximum absolute atomic E-state index is 11.1. The summed E-state index contributed by atoms with van der Waals surface area (Å²) >= 11 is 1.12. The minimum Gasteiger partial charge on any atom is -0.394 e. The summed E-state index contributed by atoms with van der Waals surface area (Å²) < 4.78 is 5.50. The molecule has 1 aliphatic rings. The number of nitrogens with one attached hydrogen (secondary N) is 1. The van der Waals surface area contributed by atoms with Gasteiger partial charge in [0, 0.05) is 12.3 Å². The van der Waals surface area contributed by atoms with Crippen LogP contribution in [0.2, 0.25) is 0 Å². The number of aromatic nitrogens is 1. The van der Waals surface area contributed by atoms with Gasteiger partial charge in [-0.2, -0.15) is 0 Å². The van der Waals surface area contributed by atoms with Gasteiger partial charge in [0.25, 0.3) is 5.91 Å². The molecule has 4 atom stereocenters. The van der Waals surface area contributed by atoms with Crippen LogP contribution in [0.1, 0.15) is 28.5 Å². The van der Waals surface area contributed by atoms with E-state index in [2.05, 4.69) is 10.3 Å². The van der Waals surface area contributed by atoms with E-state index in [4.69, 9.17) is 10.5 Å². The molecule has 0 bridgehead atoms. The average Bonchev–Trinajstić information content (AvgIpc) is 2.96. The van der Waals surface area contributed by atoms with Crippen LogP contribution < -0.4 is 11.1 Å². The monoisotopic (exact) mass is 301 g/mol. The van der Waals surface area contributed by atoms with Gasteiger partial charge in [-0.15, -0.1) is 11.3 Å². The van der Waals surface area contributed by atoms with Gasteiger partial charge in [-0.3, -0.25) is 9.59 Å². The second-order valence-electron chi connectivity index (χ2n) is 4.43. The molecule has 0 saturated carbocycles. The second kappa shape index (κ2) is 5.83. The number of carbonyl (C=O) groups is 2. The summed E-state index contributed by atoms with van der Waals surface area (Å²) in [4.78, 5) is 26.1. The van der Waals surface area contributed by atoms with Crippen LogP contribution in [0, 0.1) is 0 Å². The predicted molar refractivity (Wildman–Crippen MR) is 68.9 cm³/mol. The quantitative estimate of drug-likeness (QED) is 0.537. The number of amides is 2. The molecule has 0 spiro atoms. The number of nitrogens with zero attached hydrogens (tertiary/aromatic N) is 1. The Morgan fingerprint density at radius 2 is 2.30 bits per heavy atom. The smallest absolute Gasteiger partial charge is 0.268 e. The highest BCUT2D eigenvalue weighted by molar-refractivity contribution is 7.09. The molecule has 5 N–H and O–H groups in total. The first-order valence-corrected chi connectivity index (χ1v) is 6.78. The first-order valence-electron chi connectivity index (χ1n) is 5.90. The van der Waals surface area contributed by atoms with Crippen LogP contribution in [0.5, 0.6) is 0 Å². The number of thiazole rings is 1. The molecule has 0 unspecified atom stereocenters. The Hall–Kier alpha value is -1.55. The van der Waals surface area contributed by atoms with Crippen LogP contribution in [0.4, 0.5) is 0 Å². The lowest BCUT2D eigenvalue weighted by Gasteiger charge is -2.19. The van der Waals surface area contributed by atoms with E-state index in [1.54, 1.807) is 0 Å². The molecule has 1 aliphatic heterocycles. The van der Waals surface area contributed by atoms with E-state index >= 15 is 0 Å². The zero-order valence-corrected chi connectivity index (χ0v) is 11.5. The molecule has 110 valence electrons. The summed E-state index contributed by atoms with van der Waals surface area (Å²) in [6.45, 7) is 0.954. The number of carbonyl (C=O) groups excluding carboxylic acids is 2. The molecule has 8 nitrogen and oxygen atoms in total. The van der Waals surface area contributed by atoms with Gasteiger partial charge in [0.2, 0.25) is 5.91 Å². The largest absolute Gasteiger partial charge is 0.394 e. The van der Waals surface area contributed by atoms with E-state index in [9.17, 15) is 19.8 Å². The van der Waals surface area contributed by atoms with Crippen molar-refractivity contribution in [1.29, 1.82) is 0 Å². The molecule has 1 saturated heterocycles. The van der Waals surface area contributed by atoms with Gasteiger partial charge in [-0.25, -0.2) is 4.98 Å². The highest BCUT2D eigenvalue weighted by atomic mass is 32.1. The van der Waals surface area contributed by atoms with Crippen molar-refractivity contribution < 1.29 is 24.5 Å². The zero-order chi connectivity index (χ0) is 14.9. The van der Waals surface area contributed by atoms with Crippen molar-refractivity contribution in [3.8, 4) is 0 Å². The third-order valence-corrected chi connectivity index (χ3v) is 3.87. The molecule has 2 rings (SSSR count). The molecule has 2 heterocycles. The molecule has 2 amide bonds. The van der Waals surface area contributed by atoms with E-state index in [-0.39, 0.29) is 18.2 Å². The molecule has 1 aromatic rings. The van der Waals surface area contributed by atoms with Crippen LogP contribution in [0.15, 0.2) is 5.38 Å². The predicted octanol–water partition coefficient (Wildman–Crippen LogP) is -1.46. The molecule has 0 radical (unpaired) electrons. The van der Waals surface area contributed by atoms with Gasteiger partial charge in [-0.05, 0) is 0 Å². The van der Waals surface area contributed by atoms with Crippen molar-refractivity contribution >= 4 is 23.2 Å². The third kappa shape index (κ3) is 2.80. The van der Waals surface area contributed by atoms with E-state index in [0.29, 0.717) is 5.01 Å². The van der Waals surface area contributed by atoms with Crippen LogP contribution in [0.25, 0.3) is 0 Å². The van der Waals surface area contributed by atoms with Crippen molar-refractivity contribution in [2.24, 2.45) is 5.73 Å². The van der Waals surface area contributed by atoms with Gasteiger partial charge < -0.3 is 26.0 Å². The summed E-state index contributed by atoms with van der Waals surface area (Å²) in [5.74, 6) is -1.01. The molecule has 20 heavy (non-hydrogen) atoms. The normalized spacial score (nSPS) is 29.4.